The molecule has 0 aliphatic carbocycles. The molecule has 0 atom stereocenters. The van der Waals surface area contributed by atoms with Crippen molar-refractivity contribution >= 4 is 5.97 Å². The van der Waals surface area contributed by atoms with Crippen molar-refractivity contribution in [2.24, 2.45) is 0 Å². The van der Waals surface area contributed by atoms with Crippen molar-refractivity contribution < 1.29 is 23.1 Å². The maximum Gasteiger partial charge on any atom is 0.416 e. The van der Waals surface area contributed by atoms with Crippen LogP contribution in [0.2, 0.25) is 0 Å². The van der Waals surface area contributed by atoms with E-state index in [0.29, 0.717) is 17.7 Å². The number of unbranched alkanes of at least 4 members (excludes halogenated alkanes) is 1. The first-order valence-electron chi connectivity index (χ1n) is 7.20. The molecule has 0 aliphatic rings. The van der Waals surface area contributed by atoms with Gasteiger partial charge in [-0.3, -0.25) is 9.78 Å². The summed E-state index contributed by atoms with van der Waals surface area (Å²) >= 11 is 0. The van der Waals surface area contributed by atoms with E-state index in [4.69, 9.17) is 5.11 Å². The van der Waals surface area contributed by atoms with Gasteiger partial charge in [0, 0.05) is 18.2 Å². The molecule has 1 aromatic carbocycles. The van der Waals surface area contributed by atoms with Crippen molar-refractivity contribution in [3.05, 3.63) is 53.7 Å². The van der Waals surface area contributed by atoms with Crippen LogP contribution >= 0.6 is 0 Å². The molecule has 0 amide bonds. The van der Waals surface area contributed by atoms with Crippen molar-refractivity contribution in [1.82, 2.24) is 4.98 Å². The highest BCUT2D eigenvalue weighted by Gasteiger charge is 2.29. The Balaban J connectivity index is 1.98. The number of carboxylic acid groups (broad SMARTS) is 1. The van der Waals surface area contributed by atoms with Crippen LogP contribution in [-0.2, 0) is 17.4 Å². The minimum absolute atomic E-state index is 0.150. The molecule has 0 bridgehead atoms. The standard InChI is InChI=1S/C17H16F3NO2/c18-17(19,20)14-8-6-13(7-9-14)15-10-5-12(11-21-15)3-1-2-4-16(22)23/h5-11H,1-4H2,(H,22,23). The molecule has 1 heterocycles. The van der Waals surface area contributed by atoms with Crippen LogP contribution in [0.15, 0.2) is 42.6 Å². The summed E-state index contributed by atoms with van der Waals surface area (Å²) in [5.74, 6) is -0.805. The molecule has 0 aliphatic heterocycles. The number of hydrogen-bond acceptors (Lipinski definition) is 2. The Bertz CT molecular complexity index is 649. The van der Waals surface area contributed by atoms with Gasteiger partial charge < -0.3 is 5.11 Å². The molecule has 0 saturated heterocycles. The number of carboxylic acids is 1. The average Bonchev–Trinajstić information content (AvgIpc) is 2.51. The van der Waals surface area contributed by atoms with Crippen LogP contribution < -0.4 is 0 Å². The number of halogens is 3. The van der Waals surface area contributed by atoms with Crippen molar-refractivity contribution in [2.75, 3.05) is 0 Å². The first-order valence-corrected chi connectivity index (χ1v) is 7.20. The summed E-state index contributed by atoms with van der Waals surface area (Å²) in [5, 5.41) is 8.56. The lowest BCUT2D eigenvalue weighted by molar-refractivity contribution is -0.138. The van der Waals surface area contributed by atoms with Gasteiger partial charge in [0.2, 0.25) is 0 Å². The summed E-state index contributed by atoms with van der Waals surface area (Å²) in [6.45, 7) is 0. The summed E-state index contributed by atoms with van der Waals surface area (Å²) < 4.78 is 37.6. The molecule has 23 heavy (non-hydrogen) atoms. The number of nitrogens with zero attached hydrogens (tertiary/aromatic N) is 1. The minimum atomic E-state index is -4.34. The fraction of sp³-hybridized carbons (Fsp3) is 0.294. The molecule has 0 fully saturated rings. The van der Waals surface area contributed by atoms with Crippen LogP contribution in [-0.4, -0.2) is 16.1 Å². The van der Waals surface area contributed by atoms with Crippen LogP contribution in [0, 0.1) is 0 Å². The van der Waals surface area contributed by atoms with E-state index in [9.17, 15) is 18.0 Å². The van der Waals surface area contributed by atoms with Crippen LogP contribution in [0.5, 0.6) is 0 Å². The second kappa shape index (κ2) is 7.26. The van der Waals surface area contributed by atoms with Gasteiger partial charge in [0.15, 0.2) is 0 Å². The smallest absolute Gasteiger partial charge is 0.416 e. The SMILES string of the molecule is O=C(O)CCCCc1ccc(-c2ccc(C(F)(F)F)cc2)nc1. The Morgan fingerprint density at radius 2 is 1.74 bits per heavy atom. The Morgan fingerprint density at radius 3 is 2.26 bits per heavy atom. The van der Waals surface area contributed by atoms with E-state index in [-0.39, 0.29) is 6.42 Å². The molecule has 0 spiro atoms. The minimum Gasteiger partial charge on any atom is -0.481 e. The number of benzene rings is 1. The summed E-state index contributed by atoms with van der Waals surface area (Å²) in [7, 11) is 0. The Labute approximate surface area is 131 Å². The summed E-state index contributed by atoms with van der Waals surface area (Å²) in [6.07, 6.45) is -0.423. The third-order valence-electron chi connectivity index (χ3n) is 3.44. The number of aryl methyl sites for hydroxylation is 1. The molecule has 3 nitrogen and oxygen atoms in total. The van der Waals surface area contributed by atoms with Crippen LogP contribution in [0.25, 0.3) is 11.3 Å². The molecular weight excluding hydrogens is 307 g/mol. The van der Waals surface area contributed by atoms with E-state index < -0.39 is 17.7 Å². The van der Waals surface area contributed by atoms with Crippen molar-refractivity contribution in [2.45, 2.75) is 31.9 Å². The Kier molecular flexibility index (Phi) is 5.36. The Morgan fingerprint density at radius 1 is 1.04 bits per heavy atom. The molecule has 6 heteroatoms. The number of hydrogen-bond donors (Lipinski definition) is 1. The van der Waals surface area contributed by atoms with Gasteiger partial charge >= 0.3 is 12.1 Å². The quantitative estimate of drug-likeness (QED) is 0.793. The number of carbonyl (C=O) groups is 1. The van der Waals surface area contributed by atoms with Gasteiger partial charge in [0.25, 0.3) is 0 Å². The summed E-state index contributed by atoms with van der Waals surface area (Å²) in [5.41, 5.74) is 1.52. The molecule has 2 rings (SSSR count). The average molecular weight is 323 g/mol. The number of aliphatic carboxylic acids is 1. The van der Waals surface area contributed by atoms with Crippen molar-refractivity contribution in [3.63, 3.8) is 0 Å². The number of rotatable bonds is 6. The van der Waals surface area contributed by atoms with Gasteiger partial charge in [0.05, 0.1) is 11.3 Å². The highest BCUT2D eigenvalue weighted by Crippen LogP contribution is 2.30. The van der Waals surface area contributed by atoms with Crippen LogP contribution in [0.3, 0.4) is 0 Å². The normalized spacial score (nSPS) is 11.4. The van der Waals surface area contributed by atoms with E-state index in [1.54, 1.807) is 12.3 Å². The van der Waals surface area contributed by atoms with Gasteiger partial charge in [-0.1, -0.05) is 18.2 Å². The summed E-state index contributed by atoms with van der Waals surface area (Å²) in [6, 6.07) is 8.50. The lowest BCUT2D eigenvalue weighted by atomic mass is 10.1. The predicted molar refractivity (Wildman–Crippen MR) is 79.9 cm³/mol. The van der Waals surface area contributed by atoms with Crippen LogP contribution in [0.4, 0.5) is 13.2 Å². The van der Waals surface area contributed by atoms with E-state index in [1.807, 2.05) is 6.07 Å². The second-order valence-corrected chi connectivity index (χ2v) is 5.23. The number of alkyl halides is 3. The van der Waals surface area contributed by atoms with Gasteiger partial charge in [0.1, 0.15) is 0 Å². The fourth-order valence-corrected chi connectivity index (χ4v) is 2.18. The van der Waals surface area contributed by atoms with Crippen molar-refractivity contribution in [1.29, 1.82) is 0 Å². The number of aromatic nitrogens is 1. The second-order valence-electron chi connectivity index (χ2n) is 5.23. The highest BCUT2D eigenvalue weighted by molar-refractivity contribution is 5.66. The van der Waals surface area contributed by atoms with Gasteiger partial charge in [-0.15, -0.1) is 0 Å². The van der Waals surface area contributed by atoms with E-state index >= 15 is 0 Å². The molecule has 1 N–H and O–H groups in total. The third-order valence-corrected chi connectivity index (χ3v) is 3.44. The third kappa shape index (κ3) is 5.09. The molecule has 0 radical (unpaired) electrons. The lowest BCUT2D eigenvalue weighted by Crippen LogP contribution is -2.04. The van der Waals surface area contributed by atoms with E-state index in [2.05, 4.69) is 4.98 Å². The molecule has 0 saturated carbocycles. The fourth-order valence-electron chi connectivity index (χ4n) is 2.18. The van der Waals surface area contributed by atoms with E-state index in [1.165, 1.54) is 12.1 Å². The van der Waals surface area contributed by atoms with Gasteiger partial charge in [-0.05, 0) is 43.0 Å². The van der Waals surface area contributed by atoms with Gasteiger partial charge in [-0.25, -0.2) is 0 Å². The molecule has 122 valence electrons. The van der Waals surface area contributed by atoms with Gasteiger partial charge in [-0.2, -0.15) is 13.2 Å². The topological polar surface area (TPSA) is 50.2 Å². The lowest BCUT2D eigenvalue weighted by Gasteiger charge is -2.08. The molecule has 1 aromatic heterocycles. The largest absolute Gasteiger partial charge is 0.481 e. The summed E-state index contributed by atoms with van der Waals surface area (Å²) in [4.78, 5) is 14.7. The maximum absolute atomic E-state index is 12.5. The van der Waals surface area contributed by atoms with Crippen molar-refractivity contribution in [3.8, 4) is 11.3 Å². The zero-order chi connectivity index (χ0) is 16.9. The predicted octanol–water partition coefficient (Wildman–Crippen LogP) is 4.56. The first-order chi connectivity index (χ1) is 10.9. The first kappa shape index (κ1) is 17.0. The molecule has 0 unspecified atom stereocenters. The monoisotopic (exact) mass is 323 g/mol. The maximum atomic E-state index is 12.5. The highest BCUT2D eigenvalue weighted by atomic mass is 19.4. The molecule has 2 aromatic rings. The van der Waals surface area contributed by atoms with Crippen LogP contribution in [0.1, 0.15) is 30.4 Å². The zero-order valence-corrected chi connectivity index (χ0v) is 12.3. The van der Waals surface area contributed by atoms with E-state index in [0.717, 1.165) is 30.5 Å². The Hall–Kier alpha value is -2.37. The zero-order valence-electron chi connectivity index (χ0n) is 12.3. The number of pyridine rings is 1. The molecular formula is C17H16F3NO2.